The molecule has 0 aromatic carbocycles. The van der Waals surface area contributed by atoms with Crippen LogP contribution in [0, 0.1) is 5.92 Å². The minimum Gasteiger partial charge on any atom is -0.498 e. The van der Waals surface area contributed by atoms with Gasteiger partial charge in [0.25, 0.3) is 0 Å². The van der Waals surface area contributed by atoms with E-state index in [0.717, 1.165) is 69.9 Å². The lowest BCUT2D eigenvalue weighted by molar-refractivity contribution is 0.104. The lowest BCUT2D eigenvalue weighted by Gasteiger charge is -2.29. The van der Waals surface area contributed by atoms with Crippen molar-refractivity contribution < 1.29 is 19.3 Å². The van der Waals surface area contributed by atoms with E-state index in [4.69, 9.17) is 19.3 Å². The molecular formula is C17H28O4. The molecule has 2 rings (SSSR count). The zero-order chi connectivity index (χ0) is 14.8. The van der Waals surface area contributed by atoms with Gasteiger partial charge in [-0.05, 0) is 50.7 Å². The predicted molar refractivity (Wildman–Crippen MR) is 81.8 cm³/mol. The molecule has 1 aliphatic carbocycles. The summed E-state index contributed by atoms with van der Waals surface area (Å²) in [6, 6.07) is 0. The smallest absolute Gasteiger partial charge is 0.0996 e. The fourth-order valence-electron chi connectivity index (χ4n) is 2.71. The summed E-state index contributed by atoms with van der Waals surface area (Å²) in [6.45, 7) is 3.32. The molecule has 1 N–H and O–H groups in total. The molecule has 1 saturated heterocycles. The molecule has 1 heterocycles. The first kappa shape index (κ1) is 16.4. The molecule has 21 heavy (non-hydrogen) atoms. The number of ether oxygens (including phenoxy) is 3. The van der Waals surface area contributed by atoms with Crippen molar-refractivity contribution in [3.63, 3.8) is 0 Å². The molecule has 0 radical (unpaired) electrons. The Morgan fingerprint density at radius 2 is 1.95 bits per heavy atom. The Morgan fingerprint density at radius 3 is 2.86 bits per heavy atom. The molecule has 4 heteroatoms. The van der Waals surface area contributed by atoms with Gasteiger partial charge in [0, 0.05) is 32.2 Å². The monoisotopic (exact) mass is 296 g/mol. The van der Waals surface area contributed by atoms with E-state index in [2.05, 4.69) is 12.2 Å². The SMILES string of the molecule is OCCCOCCCCCOC1=CC=C2OCCCC2C1. The van der Waals surface area contributed by atoms with Gasteiger partial charge in [0.2, 0.25) is 0 Å². The molecular weight excluding hydrogens is 268 g/mol. The standard InChI is InChI=1S/C17H28O4/c18-9-5-11-19-10-2-1-3-12-20-16-7-8-17-15(14-16)6-4-13-21-17/h7-8,15,18H,1-6,9-14H2. The van der Waals surface area contributed by atoms with Crippen molar-refractivity contribution >= 4 is 0 Å². The van der Waals surface area contributed by atoms with Crippen molar-refractivity contribution in [1.82, 2.24) is 0 Å². The Labute approximate surface area is 127 Å². The molecule has 0 amide bonds. The van der Waals surface area contributed by atoms with Crippen LogP contribution in [0.3, 0.4) is 0 Å². The van der Waals surface area contributed by atoms with Crippen LogP contribution in [0.4, 0.5) is 0 Å². The molecule has 1 unspecified atom stereocenters. The first-order valence-electron chi connectivity index (χ1n) is 8.25. The van der Waals surface area contributed by atoms with E-state index in [-0.39, 0.29) is 6.61 Å². The van der Waals surface area contributed by atoms with Gasteiger partial charge in [-0.2, -0.15) is 0 Å². The fourth-order valence-corrected chi connectivity index (χ4v) is 2.71. The highest BCUT2D eigenvalue weighted by Gasteiger charge is 2.24. The second-order valence-electron chi connectivity index (χ2n) is 5.69. The van der Waals surface area contributed by atoms with Crippen LogP contribution in [-0.2, 0) is 14.2 Å². The third-order valence-corrected chi connectivity index (χ3v) is 3.92. The second-order valence-corrected chi connectivity index (χ2v) is 5.69. The summed E-state index contributed by atoms with van der Waals surface area (Å²) >= 11 is 0. The summed E-state index contributed by atoms with van der Waals surface area (Å²) in [5, 5.41) is 8.62. The lowest BCUT2D eigenvalue weighted by Crippen LogP contribution is -2.18. The van der Waals surface area contributed by atoms with Crippen molar-refractivity contribution in [3.05, 3.63) is 23.7 Å². The van der Waals surface area contributed by atoms with Gasteiger partial charge in [-0.3, -0.25) is 0 Å². The molecule has 0 spiro atoms. The molecule has 2 aliphatic rings. The Balaban J connectivity index is 1.49. The van der Waals surface area contributed by atoms with E-state index >= 15 is 0 Å². The zero-order valence-corrected chi connectivity index (χ0v) is 12.9. The summed E-state index contributed by atoms with van der Waals surface area (Å²) in [5.74, 6) is 2.79. The largest absolute Gasteiger partial charge is 0.498 e. The zero-order valence-electron chi connectivity index (χ0n) is 12.9. The Morgan fingerprint density at radius 1 is 1.10 bits per heavy atom. The van der Waals surface area contributed by atoms with Gasteiger partial charge >= 0.3 is 0 Å². The van der Waals surface area contributed by atoms with E-state index in [1.807, 2.05) is 0 Å². The van der Waals surface area contributed by atoms with E-state index in [1.54, 1.807) is 0 Å². The fraction of sp³-hybridized carbons (Fsp3) is 0.765. The van der Waals surface area contributed by atoms with Crippen LogP contribution < -0.4 is 0 Å². The van der Waals surface area contributed by atoms with Crippen LogP contribution in [0.2, 0.25) is 0 Å². The Hall–Kier alpha value is -1.00. The number of aliphatic hydroxyl groups is 1. The number of unbranched alkanes of at least 4 members (excludes halogenated alkanes) is 2. The molecule has 0 aromatic heterocycles. The van der Waals surface area contributed by atoms with Crippen LogP contribution in [-0.4, -0.2) is 38.1 Å². The van der Waals surface area contributed by atoms with Crippen LogP contribution >= 0.6 is 0 Å². The molecule has 0 aromatic rings. The van der Waals surface area contributed by atoms with Crippen molar-refractivity contribution in [2.75, 3.05) is 33.0 Å². The van der Waals surface area contributed by atoms with Gasteiger partial charge in [-0.1, -0.05) is 0 Å². The van der Waals surface area contributed by atoms with E-state index in [9.17, 15) is 0 Å². The minimum absolute atomic E-state index is 0.213. The quantitative estimate of drug-likeness (QED) is 0.629. The van der Waals surface area contributed by atoms with Crippen LogP contribution in [0.5, 0.6) is 0 Å². The normalized spacial score (nSPS) is 21.1. The van der Waals surface area contributed by atoms with Gasteiger partial charge in [-0.25, -0.2) is 0 Å². The first-order chi connectivity index (χ1) is 10.4. The number of aliphatic hydroxyl groups excluding tert-OH is 1. The van der Waals surface area contributed by atoms with Crippen molar-refractivity contribution in [1.29, 1.82) is 0 Å². The van der Waals surface area contributed by atoms with Crippen LogP contribution in [0.25, 0.3) is 0 Å². The van der Waals surface area contributed by atoms with E-state index in [1.165, 1.54) is 6.42 Å². The minimum atomic E-state index is 0.213. The molecule has 1 fully saturated rings. The van der Waals surface area contributed by atoms with Crippen LogP contribution in [0.1, 0.15) is 44.9 Å². The Bertz CT molecular complexity index is 349. The topological polar surface area (TPSA) is 47.9 Å². The maximum atomic E-state index is 8.62. The molecule has 120 valence electrons. The first-order valence-corrected chi connectivity index (χ1v) is 8.25. The number of fused-ring (bicyclic) bond motifs is 1. The summed E-state index contributed by atoms with van der Waals surface area (Å²) in [6.07, 6.45) is 11.5. The maximum absolute atomic E-state index is 8.62. The maximum Gasteiger partial charge on any atom is 0.0996 e. The van der Waals surface area contributed by atoms with Crippen molar-refractivity contribution in [2.45, 2.75) is 44.9 Å². The number of allylic oxidation sites excluding steroid dienone is 4. The molecule has 4 nitrogen and oxygen atoms in total. The molecule has 1 atom stereocenters. The summed E-state index contributed by atoms with van der Waals surface area (Å²) in [7, 11) is 0. The average Bonchev–Trinajstić information content (AvgIpc) is 2.53. The van der Waals surface area contributed by atoms with E-state index < -0.39 is 0 Å². The van der Waals surface area contributed by atoms with Crippen molar-refractivity contribution in [2.24, 2.45) is 5.92 Å². The van der Waals surface area contributed by atoms with Crippen LogP contribution in [0.15, 0.2) is 23.7 Å². The summed E-state index contributed by atoms with van der Waals surface area (Å²) < 4.78 is 16.9. The highest BCUT2D eigenvalue weighted by molar-refractivity contribution is 5.21. The average molecular weight is 296 g/mol. The highest BCUT2D eigenvalue weighted by atomic mass is 16.5. The molecule has 0 saturated carbocycles. The molecule has 1 aliphatic heterocycles. The van der Waals surface area contributed by atoms with Gasteiger partial charge in [0.15, 0.2) is 0 Å². The predicted octanol–water partition coefficient (Wildman–Crippen LogP) is 3.17. The highest BCUT2D eigenvalue weighted by Crippen LogP contribution is 2.33. The van der Waals surface area contributed by atoms with Gasteiger partial charge in [0.1, 0.15) is 0 Å². The lowest BCUT2D eigenvalue weighted by atomic mass is 9.91. The summed E-state index contributed by atoms with van der Waals surface area (Å²) in [4.78, 5) is 0. The third-order valence-electron chi connectivity index (χ3n) is 3.92. The number of rotatable bonds is 10. The Kier molecular flexibility index (Phi) is 7.68. The van der Waals surface area contributed by atoms with E-state index in [0.29, 0.717) is 12.5 Å². The second kappa shape index (κ2) is 9.85. The van der Waals surface area contributed by atoms with Gasteiger partial charge in [0.05, 0.1) is 24.7 Å². The summed E-state index contributed by atoms with van der Waals surface area (Å²) in [5.41, 5.74) is 0. The number of hydrogen-bond donors (Lipinski definition) is 1. The third kappa shape index (κ3) is 6.10. The molecule has 0 bridgehead atoms. The van der Waals surface area contributed by atoms with Gasteiger partial charge in [-0.15, -0.1) is 0 Å². The number of hydrogen-bond acceptors (Lipinski definition) is 4. The van der Waals surface area contributed by atoms with Crippen molar-refractivity contribution in [3.8, 4) is 0 Å². The van der Waals surface area contributed by atoms with Gasteiger partial charge < -0.3 is 19.3 Å².